The topological polar surface area (TPSA) is 24.5 Å². The number of hydrogen-bond donors (Lipinski definition) is 1. The number of benzene rings is 1. The molecule has 2 atom stereocenters. The molecule has 3 heteroatoms. The average molecular weight is 288 g/mol. The fourth-order valence-electron chi connectivity index (χ4n) is 3.62. The zero-order valence-electron chi connectivity index (χ0n) is 13.6. The minimum absolute atomic E-state index is 0.460. The van der Waals surface area contributed by atoms with Gasteiger partial charge in [0.1, 0.15) is 0 Å². The standard InChI is InChI=1S/C18H28N2O/c1-13(2)19-12-15-7-8-16(11-14(15)3)20-9-10-21-18-6-4-5-17(18)20/h7-8,11,13,17-19H,4-6,9-10,12H2,1-3H3. The molecule has 0 bridgehead atoms. The van der Waals surface area contributed by atoms with E-state index in [1.165, 1.54) is 36.1 Å². The van der Waals surface area contributed by atoms with E-state index in [9.17, 15) is 0 Å². The molecule has 3 rings (SSSR count). The van der Waals surface area contributed by atoms with Gasteiger partial charge in [0.25, 0.3) is 0 Å². The van der Waals surface area contributed by atoms with Gasteiger partial charge >= 0.3 is 0 Å². The van der Waals surface area contributed by atoms with E-state index in [4.69, 9.17) is 4.74 Å². The Balaban J connectivity index is 1.75. The van der Waals surface area contributed by atoms with Gasteiger partial charge in [0.05, 0.1) is 18.8 Å². The van der Waals surface area contributed by atoms with Gasteiger partial charge in [-0.25, -0.2) is 0 Å². The lowest BCUT2D eigenvalue weighted by atomic mass is 10.0. The molecule has 1 N–H and O–H groups in total. The fourth-order valence-corrected chi connectivity index (χ4v) is 3.62. The molecule has 1 aromatic rings. The summed E-state index contributed by atoms with van der Waals surface area (Å²) in [7, 11) is 0. The van der Waals surface area contributed by atoms with Crippen LogP contribution in [-0.4, -0.2) is 31.3 Å². The summed E-state index contributed by atoms with van der Waals surface area (Å²) < 4.78 is 5.92. The third kappa shape index (κ3) is 3.24. The van der Waals surface area contributed by atoms with E-state index in [0.717, 1.165) is 19.7 Å². The Hall–Kier alpha value is -1.06. The number of nitrogens with one attached hydrogen (secondary N) is 1. The quantitative estimate of drug-likeness (QED) is 0.920. The smallest absolute Gasteiger partial charge is 0.0779 e. The van der Waals surface area contributed by atoms with Crippen LogP contribution in [0.2, 0.25) is 0 Å². The second-order valence-corrected chi connectivity index (χ2v) is 6.75. The van der Waals surface area contributed by atoms with Crippen molar-refractivity contribution >= 4 is 5.69 Å². The molecule has 2 fully saturated rings. The van der Waals surface area contributed by atoms with E-state index in [1.54, 1.807) is 0 Å². The maximum atomic E-state index is 5.92. The van der Waals surface area contributed by atoms with Gasteiger partial charge in [-0.1, -0.05) is 19.9 Å². The molecule has 0 radical (unpaired) electrons. The number of hydrogen-bond acceptors (Lipinski definition) is 3. The summed E-state index contributed by atoms with van der Waals surface area (Å²) in [6, 6.07) is 8.07. The van der Waals surface area contributed by atoms with Gasteiger partial charge in [-0.15, -0.1) is 0 Å². The molecule has 3 nitrogen and oxygen atoms in total. The summed E-state index contributed by atoms with van der Waals surface area (Å²) in [5.74, 6) is 0. The van der Waals surface area contributed by atoms with Crippen LogP contribution in [0.25, 0.3) is 0 Å². The molecule has 0 aromatic heterocycles. The molecule has 1 saturated heterocycles. The van der Waals surface area contributed by atoms with E-state index in [1.807, 2.05) is 0 Å². The van der Waals surface area contributed by atoms with Crippen LogP contribution >= 0.6 is 0 Å². The predicted molar refractivity (Wildman–Crippen MR) is 87.9 cm³/mol. The second kappa shape index (κ2) is 6.37. The van der Waals surface area contributed by atoms with Gasteiger partial charge in [0.15, 0.2) is 0 Å². The maximum Gasteiger partial charge on any atom is 0.0779 e. The predicted octanol–water partition coefficient (Wildman–Crippen LogP) is 3.25. The molecule has 21 heavy (non-hydrogen) atoms. The molecule has 1 saturated carbocycles. The van der Waals surface area contributed by atoms with Crippen LogP contribution in [0.3, 0.4) is 0 Å². The van der Waals surface area contributed by atoms with Gasteiger partial charge in [0.2, 0.25) is 0 Å². The molecule has 1 aromatic carbocycles. The Morgan fingerprint density at radius 1 is 1.33 bits per heavy atom. The second-order valence-electron chi connectivity index (χ2n) is 6.75. The number of ether oxygens (including phenoxy) is 1. The lowest BCUT2D eigenvalue weighted by molar-refractivity contribution is 0.0256. The molecule has 2 unspecified atom stereocenters. The number of aryl methyl sites for hydroxylation is 1. The fraction of sp³-hybridized carbons (Fsp3) is 0.667. The molecule has 0 spiro atoms. The van der Waals surface area contributed by atoms with Crippen molar-refractivity contribution in [3.8, 4) is 0 Å². The Kier molecular flexibility index (Phi) is 4.51. The van der Waals surface area contributed by atoms with E-state index >= 15 is 0 Å². The average Bonchev–Trinajstić information content (AvgIpc) is 2.94. The molecule has 1 aliphatic heterocycles. The summed E-state index contributed by atoms with van der Waals surface area (Å²) in [5.41, 5.74) is 4.17. The van der Waals surface area contributed by atoms with Crippen LogP contribution in [0.4, 0.5) is 5.69 Å². The normalized spacial score (nSPS) is 25.4. The third-order valence-corrected chi connectivity index (χ3v) is 4.84. The summed E-state index contributed by atoms with van der Waals surface area (Å²) >= 11 is 0. The van der Waals surface area contributed by atoms with Crippen molar-refractivity contribution in [1.29, 1.82) is 0 Å². The highest BCUT2D eigenvalue weighted by Gasteiger charge is 2.36. The van der Waals surface area contributed by atoms with E-state index < -0.39 is 0 Å². The zero-order valence-corrected chi connectivity index (χ0v) is 13.6. The first kappa shape index (κ1) is 14.9. The van der Waals surface area contributed by atoms with Crippen molar-refractivity contribution in [2.75, 3.05) is 18.1 Å². The molecular weight excluding hydrogens is 260 g/mol. The first-order valence-corrected chi connectivity index (χ1v) is 8.36. The van der Waals surface area contributed by atoms with Gasteiger partial charge in [-0.2, -0.15) is 0 Å². The molecule has 1 aliphatic carbocycles. The Morgan fingerprint density at radius 2 is 2.19 bits per heavy atom. The Labute approximate surface area is 128 Å². The van der Waals surface area contributed by atoms with Crippen LogP contribution in [-0.2, 0) is 11.3 Å². The number of fused-ring (bicyclic) bond motifs is 1. The van der Waals surface area contributed by atoms with Crippen molar-refractivity contribution in [2.24, 2.45) is 0 Å². The Morgan fingerprint density at radius 3 is 2.95 bits per heavy atom. The van der Waals surface area contributed by atoms with Crippen LogP contribution in [0.15, 0.2) is 18.2 Å². The molecule has 1 heterocycles. The molecule has 0 amide bonds. The number of anilines is 1. The van der Waals surface area contributed by atoms with Crippen LogP contribution in [0, 0.1) is 6.92 Å². The van der Waals surface area contributed by atoms with Gasteiger partial charge in [0, 0.05) is 24.8 Å². The third-order valence-electron chi connectivity index (χ3n) is 4.84. The van der Waals surface area contributed by atoms with Crippen LogP contribution in [0.1, 0.15) is 44.2 Å². The van der Waals surface area contributed by atoms with E-state index in [2.05, 4.69) is 49.2 Å². The monoisotopic (exact) mass is 288 g/mol. The minimum Gasteiger partial charge on any atom is -0.374 e. The highest BCUT2D eigenvalue weighted by molar-refractivity contribution is 5.52. The summed E-state index contributed by atoms with van der Waals surface area (Å²) in [6.07, 6.45) is 4.28. The lowest BCUT2D eigenvalue weighted by Crippen LogP contribution is -2.48. The lowest BCUT2D eigenvalue weighted by Gasteiger charge is -2.39. The Bertz CT molecular complexity index is 486. The maximum absolute atomic E-state index is 5.92. The van der Waals surface area contributed by atoms with E-state index in [0.29, 0.717) is 18.2 Å². The highest BCUT2D eigenvalue weighted by Crippen LogP contribution is 2.33. The van der Waals surface area contributed by atoms with Crippen LogP contribution < -0.4 is 10.2 Å². The van der Waals surface area contributed by atoms with E-state index in [-0.39, 0.29) is 0 Å². The zero-order chi connectivity index (χ0) is 14.8. The number of morpholine rings is 1. The van der Waals surface area contributed by atoms with Crippen molar-refractivity contribution < 1.29 is 4.74 Å². The first-order chi connectivity index (χ1) is 10.1. The van der Waals surface area contributed by atoms with Gasteiger partial charge in [-0.05, 0) is 49.4 Å². The van der Waals surface area contributed by atoms with Crippen molar-refractivity contribution in [2.45, 2.75) is 64.8 Å². The first-order valence-electron chi connectivity index (χ1n) is 8.36. The van der Waals surface area contributed by atoms with Crippen molar-refractivity contribution in [1.82, 2.24) is 5.32 Å². The largest absolute Gasteiger partial charge is 0.374 e. The van der Waals surface area contributed by atoms with Gasteiger partial charge < -0.3 is 15.0 Å². The number of nitrogens with zero attached hydrogens (tertiary/aromatic N) is 1. The van der Waals surface area contributed by atoms with Crippen molar-refractivity contribution in [3.63, 3.8) is 0 Å². The summed E-state index contributed by atoms with van der Waals surface area (Å²) in [5, 5.41) is 3.51. The van der Waals surface area contributed by atoms with Gasteiger partial charge in [-0.3, -0.25) is 0 Å². The SMILES string of the molecule is Cc1cc(N2CCOC3CCCC32)ccc1CNC(C)C. The number of rotatable bonds is 4. The minimum atomic E-state index is 0.460. The molecule has 2 aliphatic rings. The highest BCUT2D eigenvalue weighted by atomic mass is 16.5. The van der Waals surface area contributed by atoms with Crippen LogP contribution in [0.5, 0.6) is 0 Å². The summed E-state index contributed by atoms with van der Waals surface area (Å²) in [6.45, 7) is 9.47. The van der Waals surface area contributed by atoms with Crippen molar-refractivity contribution in [3.05, 3.63) is 29.3 Å². The summed E-state index contributed by atoms with van der Waals surface area (Å²) in [4.78, 5) is 2.58. The molecular formula is C18H28N2O. The molecule has 116 valence electrons.